The molecule has 0 heterocycles. The Labute approximate surface area is 141 Å². The molecule has 0 radical (unpaired) electrons. The SMILES string of the molecule is CCC=CCC=CCC=CCC=CCC/C=C/C=C(C)C(=O)O. The summed E-state index contributed by atoms with van der Waals surface area (Å²) in [6, 6.07) is 0. The van der Waals surface area contributed by atoms with Crippen LogP contribution in [0.3, 0.4) is 0 Å². The van der Waals surface area contributed by atoms with Gasteiger partial charge in [0.25, 0.3) is 0 Å². The second-order valence-corrected chi connectivity index (χ2v) is 5.16. The van der Waals surface area contributed by atoms with Gasteiger partial charge >= 0.3 is 5.97 Å². The minimum absolute atomic E-state index is 0.359. The zero-order valence-corrected chi connectivity index (χ0v) is 14.4. The van der Waals surface area contributed by atoms with Crippen molar-refractivity contribution in [3.63, 3.8) is 0 Å². The van der Waals surface area contributed by atoms with Gasteiger partial charge in [-0.25, -0.2) is 4.79 Å². The van der Waals surface area contributed by atoms with E-state index in [-0.39, 0.29) is 0 Å². The molecule has 0 atom stereocenters. The molecule has 0 fully saturated rings. The standard InChI is InChI=1S/C21H30O2/c1-3-4-5-6-7-8-9-10-11-12-13-14-15-16-17-18-19-20(2)21(22)23/h4-5,7-8,10-11,13-14,17-19H,3,6,9,12,15-16H2,1-2H3,(H,22,23)/b5-4?,8-7?,11-10?,14-13?,18-17+,20-19?. The van der Waals surface area contributed by atoms with Gasteiger partial charge in [0.2, 0.25) is 0 Å². The predicted molar refractivity (Wildman–Crippen MR) is 100 cm³/mol. The largest absolute Gasteiger partial charge is 0.478 e. The van der Waals surface area contributed by atoms with Crippen molar-refractivity contribution in [2.75, 3.05) is 0 Å². The summed E-state index contributed by atoms with van der Waals surface area (Å²) in [4.78, 5) is 10.6. The molecule has 2 nitrogen and oxygen atoms in total. The summed E-state index contributed by atoms with van der Waals surface area (Å²) in [6.45, 7) is 3.74. The number of hydrogen-bond acceptors (Lipinski definition) is 1. The van der Waals surface area contributed by atoms with Crippen LogP contribution in [0.5, 0.6) is 0 Å². The average molecular weight is 314 g/mol. The molecular weight excluding hydrogens is 284 g/mol. The highest BCUT2D eigenvalue weighted by Crippen LogP contribution is 1.99. The quantitative estimate of drug-likeness (QED) is 0.203. The van der Waals surface area contributed by atoms with Gasteiger partial charge in [-0.3, -0.25) is 0 Å². The van der Waals surface area contributed by atoms with E-state index in [2.05, 4.69) is 55.5 Å². The van der Waals surface area contributed by atoms with Crippen molar-refractivity contribution in [1.82, 2.24) is 0 Å². The van der Waals surface area contributed by atoms with E-state index in [1.165, 1.54) is 0 Å². The molecule has 2 heteroatoms. The van der Waals surface area contributed by atoms with Gasteiger partial charge < -0.3 is 5.11 Å². The first-order valence-electron chi connectivity index (χ1n) is 8.35. The normalized spacial score (nSPS) is 13.6. The molecule has 0 saturated carbocycles. The first-order valence-corrected chi connectivity index (χ1v) is 8.35. The molecule has 0 aromatic heterocycles. The van der Waals surface area contributed by atoms with E-state index in [1.54, 1.807) is 19.1 Å². The van der Waals surface area contributed by atoms with Crippen LogP contribution in [0.25, 0.3) is 0 Å². The van der Waals surface area contributed by atoms with Crippen LogP contribution in [0.4, 0.5) is 0 Å². The predicted octanol–water partition coefficient (Wildman–Crippen LogP) is 6.16. The number of carboxylic acids is 1. The lowest BCUT2D eigenvalue weighted by Gasteiger charge is -1.89. The number of carbonyl (C=O) groups is 1. The molecule has 0 aliphatic carbocycles. The van der Waals surface area contributed by atoms with Gasteiger partial charge in [0, 0.05) is 5.57 Å². The zero-order chi connectivity index (χ0) is 17.2. The van der Waals surface area contributed by atoms with Crippen molar-refractivity contribution < 1.29 is 9.90 Å². The molecule has 0 bridgehead atoms. The van der Waals surface area contributed by atoms with Crippen LogP contribution in [0, 0.1) is 0 Å². The Hall–Kier alpha value is -2.09. The van der Waals surface area contributed by atoms with Crippen molar-refractivity contribution >= 4 is 5.97 Å². The van der Waals surface area contributed by atoms with E-state index in [0.717, 1.165) is 38.5 Å². The number of hydrogen-bond donors (Lipinski definition) is 1. The molecule has 0 rings (SSSR count). The summed E-state index contributed by atoms with van der Waals surface area (Å²) in [7, 11) is 0. The Morgan fingerprint density at radius 3 is 1.78 bits per heavy atom. The second-order valence-electron chi connectivity index (χ2n) is 5.16. The summed E-state index contributed by atoms with van der Waals surface area (Å²) >= 11 is 0. The molecule has 0 spiro atoms. The highest BCUT2D eigenvalue weighted by molar-refractivity contribution is 5.86. The Bertz CT molecular complexity index is 474. The highest BCUT2D eigenvalue weighted by Gasteiger charge is 1.95. The molecule has 0 aromatic rings. The van der Waals surface area contributed by atoms with Gasteiger partial charge in [-0.1, -0.05) is 73.8 Å². The molecule has 0 amide bonds. The van der Waals surface area contributed by atoms with Crippen LogP contribution in [0.2, 0.25) is 0 Å². The van der Waals surface area contributed by atoms with E-state index in [9.17, 15) is 4.79 Å². The van der Waals surface area contributed by atoms with E-state index >= 15 is 0 Å². The van der Waals surface area contributed by atoms with E-state index in [1.807, 2.05) is 6.08 Å². The van der Waals surface area contributed by atoms with Crippen LogP contribution in [-0.4, -0.2) is 11.1 Å². The number of carboxylic acid groups (broad SMARTS) is 1. The van der Waals surface area contributed by atoms with E-state index in [0.29, 0.717) is 5.57 Å². The van der Waals surface area contributed by atoms with Crippen LogP contribution >= 0.6 is 0 Å². The van der Waals surface area contributed by atoms with Crippen LogP contribution in [0.15, 0.2) is 72.4 Å². The molecule has 0 aliphatic rings. The first kappa shape index (κ1) is 20.9. The lowest BCUT2D eigenvalue weighted by atomic mass is 10.2. The maximum Gasteiger partial charge on any atom is 0.331 e. The van der Waals surface area contributed by atoms with Gasteiger partial charge in [-0.05, 0) is 45.4 Å². The summed E-state index contributed by atoms with van der Waals surface area (Å²) in [5.74, 6) is -0.867. The lowest BCUT2D eigenvalue weighted by molar-refractivity contribution is -0.132. The average Bonchev–Trinajstić information content (AvgIpc) is 2.54. The van der Waals surface area contributed by atoms with Crippen LogP contribution in [0.1, 0.15) is 52.4 Å². The van der Waals surface area contributed by atoms with E-state index in [4.69, 9.17) is 5.11 Å². The molecule has 0 aliphatic heterocycles. The summed E-state index contributed by atoms with van der Waals surface area (Å²) in [6.07, 6.45) is 28.9. The minimum atomic E-state index is -0.867. The van der Waals surface area contributed by atoms with Crippen molar-refractivity contribution in [3.8, 4) is 0 Å². The molecule has 23 heavy (non-hydrogen) atoms. The maximum absolute atomic E-state index is 10.6. The second kappa shape index (κ2) is 16.3. The fourth-order valence-corrected chi connectivity index (χ4v) is 1.67. The highest BCUT2D eigenvalue weighted by atomic mass is 16.4. The molecular formula is C21H30O2. The first-order chi connectivity index (χ1) is 11.2. The van der Waals surface area contributed by atoms with Crippen LogP contribution in [-0.2, 0) is 4.79 Å². The lowest BCUT2D eigenvalue weighted by Crippen LogP contribution is -1.94. The Balaban J connectivity index is 3.62. The molecule has 126 valence electrons. The van der Waals surface area contributed by atoms with Gasteiger partial charge in [0.05, 0.1) is 0 Å². The maximum atomic E-state index is 10.6. The fraction of sp³-hybridized carbons (Fsp3) is 0.381. The van der Waals surface area contributed by atoms with Crippen molar-refractivity contribution in [1.29, 1.82) is 0 Å². The van der Waals surface area contributed by atoms with E-state index < -0.39 is 5.97 Å². The smallest absolute Gasteiger partial charge is 0.331 e. The number of allylic oxidation sites excluding steroid dienone is 11. The Morgan fingerprint density at radius 2 is 1.26 bits per heavy atom. The summed E-state index contributed by atoms with van der Waals surface area (Å²) in [5, 5.41) is 8.68. The number of aliphatic carboxylic acids is 1. The number of rotatable bonds is 12. The monoisotopic (exact) mass is 314 g/mol. The zero-order valence-electron chi connectivity index (χ0n) is 14.4. The van der Waals surface area contributed by atoms with Crippen molar-refractivity contribution in [3.05, 3.63) is 72.4 Å². The minimum Gasteiger partial charge on any atom is -0.478 e. The van der Waals surface area contributed by atoms with Gasteiger partial charge in [-0.2, -0.15) is 0 Å². The fourth-order valence-electron chi connectivity index (χ4n) is 1.67. The van der Waals surface area contributed by atoms with Crippen LogP contribution < -0.4 is 0 Å². The third kappa shape index (κ3) is 16.1. The molecule has 1 N–H and O–H groups in total. The molecule has 0 aromatic carbocycles. The van der Waals surface area contributed by atoms with Gasteiger partial charge in [0.15, 0.2) is 0 Å². The van der Waals surface area contributed by atoms with Gasteiger partial charge in [0.1, 0.15) is 0 Å². The third-order valence-corrected chi connectivity index (χ3v) is 3.04. The van der Waals surface area contributed by atoms with Crippen molar-refractivity contribution in [2.45, 2.75) is 52.4 Å². The third-order valence-electron chi connectivity index (χ3n) is 3.04. The van der Waals surface area contributed by atoms with Gasteiger partial charge in [-0.15, -0.1) is 0 Å². The number of unbranched alkanes of at least 4 members (excludes halogenated alkanes) is 1. The van der Waals surface area contributed by atoms with Crippen molar-refractivity contribution in [2.24, 2.45) is 0 Å². The Kier molecular flexibility index (Phi) is 14.8. The summed E-state index contributed by atoms with van der Waals surface area (Å²) in [5.41, 5.74) is 0.359. The Morgan fingerprint density at radius 1 is 0.783 bits per heavy atom. The molecule has 0 saturated heterocycles. The molecule has 0 unspecified atom stereocenters. The topological polar surface area (TPSA) is 37.3 Å². The summed E-state index contributed by atoms with van der Waals surface area (Å²) < 4.78 is 0.